The number of piperidine rings is 1. The van der Waals surface area contributed by atoms with Crippen LogP contribution in [-0.4, -0.2) is 59.3 Å². The molecule has 0 radical (unpaired) electrons. The molecule has 2 saturated heterocycles. The van der Waals surface area contributed by atoms with Gasteiger partial charge in [-0.2, -0.15) is 0 Å². The third-order valence-corrected chi connectivity index (χ3v) is 7.48. The molecule has 2 bridgehead atoms. The fourth-order valence-electron chi connectivity index (χ4n) is 5.63. The first-order valence-electron chi connectivity index (χ1n) is 12.4. The summed E-state index contributed by atoms with van der Waals surface area (Å²) in [6, 6.07) is 0.541. The van der Waals surface area contributed by atoms with Crippen molar-refractivity contribution in [1.82, 2.24) is 10.2 Å². The molecule has 33 heavy (non-hydrogen) atoms. The van der Waals surface area contributed by atoms with Gasteiger partial charge in [0, 0.05) is 30.7 Å². The van der Waals surface area contributed by atoms with E-state index in [-0.39, 0.29) is 24.5 Å². The summed E-state index contributed by atoms with van der Waals surface area (Å²) >= 11 is 0. The van der Waals surface area contributed by atoms with Crippen molar-refractivity contribution in [1.29, 1.82) is 0 Å². The van der Waals surface area contributed by atoms with Gasteiger partial charge in [0.15, 0.2) is 0 Å². The van der Waals surface area contributed by atoms with E-state index in [1.807, 2.05) is 4.90 Å². The average molecular weight is 458 g/mol. The minimum absolute atomic E-state index is 0.0670. The lowest BCUT2D eigenvalue weighted by atomic mass is 9.92. The maximum absolute atomic E-state index is 14.8. The van der Waals surface area contributed by atoms with Crippen LogP contribution >= 0.6 is 0 Å². The Kier molecular flexibility index (Phi) is 7.81. The number of fused-ring (bicyclic) bond motifs is 2. The normalized spacial score (nSPS) is 29.8. The number of hydrogen-bond donors (Lipinski definition) is 3. The summed E-state index contributed by atoms with van der Waals surface area (Å²) in [6.07, 6.45) is 14.8. The van der Waals surface area contributed by atoms with E-state index in [4.69, 9.17) is 5.73 Å². The Labute approximate surface area is 195 Å². The van der Waals surface area contributed by atoms with Crippen LogP contribution in [0.5, 0.6) is 0 Å². The maximum Gasteiger partial charge on any atom is 0.254 e. The molecule has 7 heteroatoms. The van der Waals surface area contributed by atoms with E-state index in [0.717, 1.165) is 56.1 Å². The summed E-state index contributed by atoms with van der Waals surface area (Å²) in [7, 11) is 0. The molecule has 4 rings (SSSR count). The van der Waals surface area contributed by atoms with Gasteiger partial charge in [0.05, 0.1) is 12.0 Å². The highest BCUT2D eigenvalue weighted by atomic mass is 19.1. The highest BCUT2D eigenvalue weighted by Crippen LogP contribution is 2.37. The molecule has 0 saturated carbocycles. The molecule has 4 N–H and O–H groups in total. The van der Waals surface area contributed by atoms with Crippen molar-refractivity contribution in [3.63, 3.8) is 0 Å². The monoisotopic (exact) mass is 457 g/mol. The van der Waals surface area contributed by atoms with Crippen molar-refractivity contribution in [3.8, 4) is 0 Å². The van der Waals surface area contributed by atoms with Crippen LogP contribution in [0.2, 0.25) is 0 Å². The van der Waals surface area contributed by atoms with E-state index >= 15 is 0 Å². The first-order valence-corrected chi connectivity index (χ1v) is 12.4. The molecule has 6 nitrogen and oxygen atoms in total. The van der Waals surface area contributed by atoms with Gasteiger partial charge in [-0.25, -0.2) is 4.39 Å². The molecule has 2 amide bonds. The SMILES string of the molecule is NCC1=CCCC=C1CC[C@H](O)CNC(=O)C1C=CC(C(=O)N2C3CCCC2CC3)=CC1F. The number of rotatable bonds is 8. The van der Waals surface area contributed by atoms with Crippen molar-refractivity contribution in [3.05, 3.63) is 47.1 Å². The zero-order chi connectivity index (χ0) is 23.4. The topological polar surface area (TPSA) is 95.7 Å². The van der Waals surface area contributed by atoms with Crippen molar-refractivity contribution >= 4 is 11.8 Å². The Balaban J connectivity index is 1.25. The van der Waals surface area contributed by atoms with E-state index in [1.54, 1.807) is 6.08 Å². The largest absolute Gasteiger partial charge is 0.391 e. The quantitative estimate of drug-likeness (QED) is 0.522. The van der Waals surface area contributed by atoms with Crippen LogP contribution in [0.4, 0.5) is 4.39 Å². The number of nitrogens with zero attached hydrogens (tertiary/aromatic N) is 1. The summed E-state index contributed by atoms with van der Waals surface area (Å²) in [4.78, 5) is 27.5. The van der Waals surface area contributed by atoms with Crippen molar-refractivity contribution in [2.45, 2.75) is 82.1 Å². The Morgan fingerprint density at radius 1 is 1.15 bits per heavy atom. The smallest absolute Gasteiger partial charge is 0.254 e. The summed E-state index contributed by atoms with van der Waals surface area (Å²) < 4.78 is 14.8. The summed E-state index contributed by atoms with van der Waals surface area (Å²) in [5, 5.41) is 13.0. The van der Waals surface area contributed by atoms with E-state index in [1.165, 1.54) is 12.2 Å². The predicted molar refractivity (Wildman–Crippen MR) is 126 cm³/mol. The molecule has 180 valence electrons. The third-order valence-electron chi connectivity index (χ3n) is 7.48. The van der Waals surface area contributed by atoms with Gasteiger partial charge in [0.2, 0.25) is 5.91 Å². The van der Waals surface area contributed by atoms with E-state index in [9.17, 15) is 19.1 Å². The summed E-state index contributed by atoms with van der Waals surface area (Å²) in [6.45, 7) is 0.555. The number of alkyl halides is 1. The second kappa shape index (κ2) is 10.8. The fraction of sp³-hybridized carbons (Fsp3) is 0.615. The van der Waals surface area contributed by atoms with Crippen LogP contribution in [-0.2, 0) is 9.59 Å². The molecule has 0 aromatic rings. The molecule has 2 fully saturated rings. The second-order valence-corrected chi connectivity index (χ2v) is 9.66. The van der Waals surface area contributed by atoms with Gasteiger partial charge in [-0.05, 0) is 75.0 Å². The second-order valence-electron chi connectivity index (χ2n) is 9.66. The fourth-order valence-corrected chi connectivity index (χ4v) is 5.63. The number of halogens is 1. The molecular weight excluding hydrogens is 421 g/mol. The van der Waals surface area contributed by atoms with E-state index in [0.29, 0.717) is 25.0 Å². The zero-order valence-electron chi connectivity index (χ0n) is 19.2. The molecule has 5 atom stereocenters. The highest BCUT2D eigenvalue weighted by molar-refractivity contribution is 5.98. The number of amides is 2. The number of aliphatic hydroxyl groups is 1. The Hall–Kier alpha value is -2.25. The van der Waals surface area contributed by atoms with Gasteiger partial charge < -0.3 is 21.1 Å². The number of aliphatic hydroxyl groups excluding tert-OH is 1. The van der Waals surface area contributed by atoms with Gasteiger partial charge in [-0.15, -0.1) is 0 Å². The molecular formula is C26H36FN3O3. The number of allylic oxidation sites excluding steroid dienone is 3. The molecule has 4 unspecified atom stereocenters. The number of hydrogen-bond acceptors (Lipinski definition) is 4. The van der Waals surface area contributed by atoms with E-state index in [2.05, 4.69) is 17.5 Å². The van der Waals surface area contributed by atoms with Crippen LogP contribution in [0.15, 0.2) is 47.1 Å². The molecule has 2 aliphatic carbocycles. The minimum atomic E-state index is -1.56. The first kappa shape index (κ1) is 23.9. The standard InChI is InChI=1S/C26H36FN3O3/c27-24-14-18(26(33)30-20-6-3-7-21(30)11-10-20)9-13-23(24)25(32)29-16-22(31)12-8-17-4-1-2-5-19(17)15-28/h4-5,9,13-14,20-24,31H,1-3,6-8,10-12,15-16,28H2,(H,29,32)/t20?,21?,22-,23?,24?/m0/s1. The zero-order valence-corrected chi connectivity index (χ0v) is 19.2. The van der Waals surface area contributed by atoms with Gasteiger partial charge in [0.1, 0.15) is 6.17 Å². The highest BCUT2D eigenvalue weighted by Gasteiger charge is 2.41. The van der Waals surface area contributed by atoms with Gasteiger partial charge >= 0.3 is 0 Å². The number of carbonyl (C=O) groups excluding carboxylic acids is 2. The van der Waals surface area contributed by atoms with E-state index < -0.39 is 24.1 Å². The Morgan fingerprint density at radius 3 is 2.52 bits per heavy atom. The molecule has 2 heterocycles. The van der Waals surface area contributed by atoms with Crippen LogP contribution < -0.4 is 11.1 Å². The van der Waals surface area contributed by atoms with Crippen molar-refractivity contribution < 1.29 is 19.1 Å². The summed E-state index contributed by atoms with van der Waals surface area (Å²) in [5.41, 5.74) is 8.41. The molecule has 0 aromatic carbocycles. The molecule has 4 aliphatic rings. The Bertz CT molecular complexity index is 862. The molecule has 0 spiro atoms. The lowest BCUT2D eigenvalue weighted by Crippen LogP contribution is -2.45. The van der Waals surface area contributed by atoms with Crippen LogP contribution in [0, 0.1) is 5.92 Å². The number of nitrogens with one attached hydrogen (secondary N) is 1. The van der Waals surface area contributed by atoms with Crippen LogP contribution in [0.1, 0.15) is 57.8 Å². The van der Waals surface area contributed by atoms with Crippen LogP contribution in [0.25, 0.3) is 0 Å². The van der Waals surface area contributed by atoms with Gasteiger partial charge in [0.25, 0.3) is 5.91 Å². The minimum Gasteiger partial charge on any atom is -0.391 e. The Morgan fingerprint density at radius 2 is 1.85 bits per heavy atom. The average Bonchev–Trinajstić information content (AvgIpc) is 3.08. The van der Waals surface area contributed by atoms with Crippen molar-refractivity contribution in [2.24, 2.45) is 11.7 Å². The molecule has 2 aliphatic heterocycles. The third kappa shape index (κ3) is 5.46. The summed E-state index contributed by atoms with van der Waals surface area (Å²) in [5.74, 6) is -1.57. The van der Waals surface area contributed by atoms with Gasteiger partial charge in [-0.3, -0.25) is 9.59 Å². The maximum atomic E-state index is 14.8. The lowest BCUT2D eigenvalue weighted by molar-refractivity contribution is -0.131. The lowest BCUT2D eigenvalue weighted by Gasteiger charge is -2.35. The molecule has 0 aromatic heterocycles. The predicted octanol–water partition coefficient (Wildman–Crippen LogP) is 2.84. The number of carbonyl (C=O) groups is 2. The number of nitrogens with two attached hydrogens (primary N) is 1. The first-order chi connectivity index (χ1) is 16.0. The van der Waals surface area contributed by atoms with Gasteiger partial charge in [-0.1, -0.05) is 24.3 Å². The van der Waals surface area contributed by atoms with Crippen LogP contribution in [0.3, 0.4) is 0 Å². The van der Waals surface area contributed by atoms with Crippen molar-refractivity contribution in [2.75, 3.05) is 13.1 Å².